The van der Waals surface area contributed by atoms with Crippen LogP contribution in [0.3, 0.4) is 0 Å². The first kappa shape index (κ1) is 10.2. The Hall–Kier alpha value is -0.870. The van der Waals surface area contributed by atoms with E-state index in [1.807, 2.05) is 18.2 Å². The van der Waals surface area contributed by atoms with Crippen molar-refractivity contribution in [2.24, 2.45) is 0 Å². The Bertz CT molecular complexity index is 299. The van der Waals surface area contributed by atoms with Gasteiger partial charge in [0, 0.05) is 0 Å². The van der Waals surface area contributed by atoms with Crippen molar-refractivity contribution in [2.75, 3.05) is 13.2 Å². The molecule has 0 aliphatic rings. The molecule has 0 heterocycles. The second-order valence-corrected chi connectivity index (χ2v) is 3.27. The largest absolute Gasteiger partial charge is 0.485 e. The Kier molecular flexibility index (Phi) is 3.92. The van der Waals surface area contributed by atoms with E-state index in [2.05, 4.69) is 15.9 Å². The van der Waals surface area contributed by atoms with Gasteiger partial charge in [0.25, 0.3) is 0 Å². The van der Waals surface area contributed by atoms with Gasteiger partial charge in [0.1, 0.15) is 19.0 Å². The summed E-state index contributed by atoms with van der Waals surface area (Å²) in [6.07, 6.45) is 0. The Morgan fingerprint density at radius 1 is 1.46 bits per heavy atom. The summed E-state index contributed by atoms with van der Waals surface area (Å²) in [5.74, 6) is 0.264. The first-order valence-corrected chi connectivity index (χ1v) is 4.53. The monoisotopic (exact) mass is 244 g/mol. The SMILES string of the molecule is O=C(CO)COc1ccccc1Br. The molecule has 0 bridgehead atoms. The van der Waals surface area contributed by atoms with Gasteiger partial charge in [-0.2, -0.15) is 0 Å². The van der Waals surface area contributed by atoms with Crippen LogP contribution < -0.4 is 4.74 Å². The third-order valence-electron chi connectivity index (χ3n) is 1.40. The topological polar surface area (TPSA) is 46.5 Å². The van der Waals surface area contributed by atoms with Gasteiger partial charge < -0.3 is 9.84 Å². The smallest absolute Gasteiger partial charge is 0.195 e. The van der Waals surface area contributed by atoms with Gasteiger partial charge in [-0.05, 0) is 28.1 Å². The molecule has 1 aromatic carbocycles. The number of rotatable bonds is 4. The predicted molar refractivity (Wildman–Crippen MR) is 51.7 cm³/mol. The molecule has 0 fully saturated rings. The fourth-order valence-electron chi connectivity index (χ4n) is 0.766. The molecule has 0 radical (unpaired) electrons. The van der Waals surface area contributed by atoms with Crippen LogP contribution in [0.5, 0.6) is 5.75 Å². The van der Waals surface area contributed by atoms with Gasteiger partial charge in [-0.3, -0.25) is 4.79 Å². The third kappa shape index (κ3) is 3.16. The van der Waals surface area contributed by atoms with Crippen molar-refractivity contribution in [1.29, 1.82) is 0 Å². The number of hydrogen-bond donors (Lipinski definition) is 1. The predicted octanol–water partition coefficient (Wildman–Crippen LogP) is 1.39. The highest BCUT2D eigenvalue weighted by Crippen LogP contribution is 2.23. The number of hydrogen-bond acceptors (Lipinski definition) is 3. The van der Waals surface area contributed by atoms with E-state index in [4.69, 9.17) is 9.84 Å². The molecule has 0 atom stereocenters. The summed E-state index contributed by atoms with van der Waals surface area (Å²) in [6, 6.07) is 7.22. The normalized spacial score (nSPS) is 9.69. The van der Waals surface area contributed by atoms with Crippen molar-refractivity contribution >= 4 is 21.7 Å². The summed E-state index contributed by atoms with van der Waals surface area (Å²) >= 11 is 3.27. The fourth-order valence-corrected chi connectivity index (χ4v) is 1.16. The molecule has 4 heteroatoms. The van der Waals surface area contributed by atoms with Crippen molar-refractivity contribution in [1.82, 2.24) is 0 Å². The zero-order chi connectivity index (χ0) is 9.68. The van der Waals surface area contributed by atoms with E-state index < -0.39 is 6.61 Å². The summed E-state index contributed by atoms with van der Waals surface area (Å²) in [6.45, 7) is -0.580. The van der Waals surface area contributed by atoms with E-state index in [0.29, 0.717) is 5.75 Å². The van der Waals surface area contributed by atoms with Gasteiger partial charge in [-0.25, -0.2) is 0 Å². The van der Waals surface area contributed by atoms with Crippen LogP contribution in [-0.4, -0.2) is 24.1 Å². The molecule has 0 unspecified atom stereocenters. The van der Waals surface area contributed by atoms with E-state index in [-0.39, 0.29) is 12.4 Å². The molecule has 1 N–H and O–H groups in total. The zero-order valence-corrected chi connectivity index (χ0v) is 8.45. The van der Waals surface area contributed by atoms with Gasteiger partial charge in [0.2, 0.25) is 0 Å². The Morgan fingerprint density at radius 2 is 2.15 bits per heavy atom. The number of benzene rings is 1. The van der Waals surface area contributed by atoms with Crippen LogP contribution in [0.2, 0.25) is 0 Å². The average molecular weight is 245 g/mol. The van der Waals surface area contributed by atoms with Gasteiger partial charge in [0.05, 0.1) is 4.47 Å². The van der Waals surface area contributed by atoms with E-state index >= 15 is 0 Å². The fraction of sp³-hybridized carbons (Fsp3) is 0.222. The van der Waals surface area contributed by atoms with Crippen LogP contribution >= 0.6 is 15.9 Å². The molecule has 0 aromatic heterocycles. The van der Waals surface area contributed by atoms with Crippen molar-refractivity contribution < 1.29 is 14.6 Å². The molecule has 0 amide bonds. The summed E-state index contributed by atoms with van der Waals surface area (Å²) in [5.41, 5.74) is 0. The van der Waals surface area contributed by atoms with Crippen molar-refractivity contribution in [2.45, 2.75) is 0 Å². The molecule has 13 heavy (non-hydrogen) atoms. The van der Waals surface area contributed by atoms with E-state index in [1.54, 1.807) is 6.07 Å². The highest BCUT2D eigenvalue weighted by molar-refractivity contribution is 9.10. The molecule has 0 spiro atoms. The number of para-hydroxylation sites is 1. The molecular weight excluding hydrogens is 236 g/mol. The quantitative estimate of drug-likeness (QED) is 0.871. The van der Waals surface area contributed by atoms with Crippen molar-refractivity contribution in [3.63, 3.8) is 0 Å². The minimum Gasteiger partial charge on any atom is -0.485 e. The summed E-state index contributed by atoms with van der Waals surface area (Å²) in [5, 5.41) is 8.44. The lowest BCUT2D eigenvalue weighted by molar-refractivity contribution is -0.123. The van der Waals surface area contributed by atoms with E-state index in [1.165, 1.54) is 0 Å². The molecule has 0 saturated heterocycles. The molecule has 3 nitrogen and oxygen atoms in total. The second kappa shape index (κ2) is 4.99. The van der Waals surface area contributed by atoms with Gasteiger partial charge >= 0.3 is 0 Å². The lowest BCUT2D eigenvalue weighted by Gasteiger charge is -2.05. The zero-order valence-electron chi connectivity index (χ0n) is 6.87. The first-order valence-electron chi connectivity index (χ1n) is 3.74. The molecule has 1 aromatic rings. The van der Waals surface area contributed by atoms with E-state index in [0.717, 1.165) is 4.47 Å². The van der Waals surface area contributed by atoms with Crippen LogP contribution in [-0.2, 0) is 4.79 Å². The number of halogens is 1. The van der Waals surface area contributed by atoms with E-state index in [9.17, 15) is 4.79 Å². The number of carbonyl (C=O) groups is 1. The number of ether oxygens (including phenoxy) is 1. The standard InChI is InChI=1S/C9H9BrO3/c10-8-3-1-2-4-9(8)13-6-7(12)5-11/h1-4,11H,5-6H2. The molecule has 70 valence electrons. The van der Waals surface area contributed by atoms with Crippen LogP contribution in [0, 0.1) is 0 Å². The maximum Gasteiger partial charge on any atom is 0.195 e. The Morgan fingerprint density at radius 3 is 2.77 bits per heavy atom. The molecule has 0 aliphatic carbocycles. The lowest BCUT2D eigenvalue weighted by Crippen LogP contribution is -2.14. The number of ketones is 1. The second-order valence-electron chi connectivity index (χ2n) is 2.42. The van der Waals surface area contributed by atoms with Gasteiger partial charge in [0.15, 0.2) is 5.78 Å². The number of aliphatic hydroxyl groups excluding tert-OH is 1. The minimum atomic E-state index is -0.482. The average Bonchev–Trinajstić information content (AvgIpc) is 2.16. The highest BCUT2D eigenvalue weighted by atomic mass is 79.9. The maximum atomic E-state index is 10.7. The summed E-state index contributed by atoms with van der Waals surface area (Å²) < 4.78 is 5.93. The summed E-state index contributed by atoms with van der Waals surface area (Å²) in [4.78, 5) is 10.7. The summed E-state index contributed by atoms with van der Waals surface area (Å²) in [7, 11) is 0. The van der Waals surface area contributed by atoms with Crippen molar-refractivity contribution in [3.05, 3.63) is 28.7 Å². The minimum absolute atomic E-state index is 0.0981. The van der Waals surface area contributed by atoms with Crippen molar-refractivity contribution in [3.8, 4) is 5.75 Å². The number of carbonyl (C=O) groups excluding carboxylic acids is 1. The van der Waals surface area contributed by atoms with Crippen LogP contribution in [0.1, 0.15) is 0 Å². The van der Waals surface area contributed by atoms with Crippen LogP contribution in [0.25, 0.3) is 0 Å². The molecule has 0 saturated carbocycles. The maximum absolute atomic E-state index is 10.7. The third-order valence-corrected chi connectivity index (χ3v) is 2.06. The molecule has 1 rings (SSSR count). The first-order chi connectivity index (χ1) is 6.24. The Labute approximate surface area is 84.5 Å². The molecular formula is C9H9BrO3. The highest BCUT2D eigenvalue weighted by Gasteiger charge is 2.02. The van der Waals surface area contributed by atoms with Gasteiger partial charge in [-0.15, -0.1) is 0 Å². The number of aliphatic hydroxyl groups is 1. The lowest BCUT2D eigenvalue weighted by atomic mass is 10.3. The van der Waals surface area contributed by atoms with Gasteiger partial charge in [-0.1, -0.05) is 12.1 Å². The Balaban J connectivity index is 2.54. The van der Waals surface area contributed by atoms with Crippen LogP contribution in [0.4, 0.5) is 0 Å². The van der Waals surface area contributed by atoms with Crippen LogP contribution in [0.15, 0.2) is 28.7 Å². The number of Topliss-reactive ketones (excluding diaryl/α,β-unsaturated/α-hetero) is 1. The molecule has 0 aliphatic heterocycles.